The van der Waals surface area contributed by atoms with Crippen LogP contribution in [0.5, 0.6) is 0 Å². The van der Waals surface area contributed by atoms with Crippen molar-refractivity contribution >= 4 is 5.82 Å². The van der Waals surface area contributed by atoms with Crippen molar-refractivity contribution in [1.29, 1.82) is 0 Å². The molecule has 0 saturated carbocycles. The SMILES string of the molecule is CCc1cc(NC2CCNCC2)nc(C(C)C)n1. The molecule has 1 aliphatic heterocycles. The number of nitrogens with one attached hydrogen (secondary N) is 2. The van der Waals surface area contributed by atoms with Crippen molar-refractivity contribution in [3.8, 4) is 0 Å². The fourth-order valence-corrected chi connectivity index (χ4v) is 2.21. The van der Waals surface area contributed by atoms with Crippen LogP contribution < -0.4 is 10.6 Å². The highest BCUT2D eigenvalue weighted by atomic mass is 15.1. The van der Waals surface area contributed by atoms with E-state index in [1.165, 1.54) is 12.8 Å². The van der Waals surface area contributed by atoms with Crippen LogP contribution in [0.4, 0.5) is 5.82 Å². The first kappa shape index (κ1) is 13.3. The molecule has 18 heavy (non-hydrogen) atoms. The highest BCUT2D eigenvalue weighted by molar-refractivity contribution is 5.37. The largest absolute Gasteiger partial charge is 0.367 e. The van der Waals surface area contributed by atoms with Crippen molar-refractivity contribution < 1.29 is 0 Å². The molecule has 0 amide bonds. The van der Waals surface area contributed by atoms with Gasteiger partial charge in [-0.25, -0.2) is 9.97 Å². The minimum absolute atomic E-state index is 0.380. The van der Waals surface area contributed by atoms with Crippen LogP contribution in [0, 0.1) is 0 Å². The predicted octanol–water partition coefficient (Wildman–Crippen LogP) is 2.33. The van der Waals surface area contributed by atoms with Gasteiger partial charge in [0.2, 0.25) is 0 Å². The predicted molar refractivity (Wildman–Crippen MR) is 75.0 cm³/mol. The highest BCUT2D eigenvalue weighted by Crippen LogP contribution is 2.17. The van der Waals surface area contributed by atoms with Crippen LogP contribution in [0.2, 0.25) is 0 Å². The molecule has 2 rings (SSSR count). The summed E-state index contributed by atoms with van der Waals surface area (Å²) in [6, 6.07) is 2.64. The van der Waals surface area contributed by atoms with Crippen LogP contribution >= 0.6 is 0 Å². The van der Waals surface area contributed by atoms with Gasteiger partial charge in [-0.15, -0.1) is 0 Å². The Morgan fingerprint density at radius 1 is 1.33 bits per heavy atom. The molecule has 4 nitrogen and oxygen atoms in total. The van der Waals surface area contributed by atoms with E-state index in [0.29, 0.717) is 12.0 Å². The zero-order chi connectivity index (χ0) is 13.0. The Hall–Kier alpha value is -1.16. The van der Waals surface area contributed by atoms with Crippen molar-refractivity contribution in [3.63, 3.8) is 0 Å². The molecule has 4 heteroatoms. The van der Waals surface area contributed by atoms with E-state index >= 15 is 0 Å². The summed E-state index contributed by atoms with van der Waals surface area (Å²) in [7, 11) is 0. The molecule has 0 spiro atoms. The van der Waals surface area contributed by atoms with Crippen LogP contribution in [0.3, 0.4) is 0 Å². The lowest BCUT2D eigenvalue weighted by molar-refractivity contribution is 0.478. The molecular formula is C14H24N4. The van der Waals surface area contributed by atoms with Gasteiger partial charge in [0.15, 0.2) is 0 Å². The van der Waals surface area contributed by atoms with Gasteiger partial charge in [0.25, 0.3) is 0 Å². The topological polar surface area (TPSA) is 49.8 Å². The van der Waals surface area contributed by atoms with Crippen LogP contribution in [0.15, 0.2) is 6.07 Å². The average molecular weight is 248 g/mol. The molecule has 1 aliphatic rings. The highest BCUT2D eigenvalue weighted by Gasteiger charge is 2.14. The number of nitrogens with zero attached hydrogens (tertiary/aromatic N) is 2. The number of hydrogen-bond donors (Lipinski definition) is 2. The Labute approximate surface area is 110 Å². The first-order chi connectivity index (χ1) is 8.69. The summed E-state index contributed by atoms with van der Waals surface area (Å²) in [4.78, 5) is 9.21. The number of piperidine rings is 1. The smallest absolute Gasteiger partial charge is 0.133 e. The lowest BCUT2D eigenvalue weighted by Gasteiger charge is -2.24. The van der Waals surface area contributed by atoms with E-state index in [2.05, 4.69) is 47.4 Å². The molecule has 2 N–H and O–H groups in total. The lowest BCUT2D eigenvalue weighted by atomic mass is 10.1. The van der Waals surface area contributed by atoms with E-state index in [4.69, 9.17) is 0 Å². The minimum Gasteiger partial charge on any atom is -0.367 e. The summed E-state index contributed by atoms with van der Waals surface area (Å²) in [5.41, 5.74) is 1.13. The third-order valence-electron chi connectivity index (χ3n) is 3.37. The maximum atomic E-state index is 4.63. The van der Waals surface area contributed by atoms with E-state index in [1.807, 2.05) is 0 Å². The number of anilines is 1. The standard InChI is InChI=1S/C14H24N4/c1-4-11-9-13(18-14(17-11)10(2)3)16-12-5-7-15-8-6-12/h9-10,12,15H,4-8H2,1-3H3,(H,16,17,18). The molecule has 0 atom stereocenters. The third-order valence-corrected chi connectivity index (χ3v) is 3.37. The Morgan fingerprint density at radius 3 is 2.67 bits per heavy atom. The zero-order valence-electron chi connectivity index (χ0n) is 11.7. The Kier molecular flexibility index (Phi) is 4.53. The van der Waals surface area contributed by atoms with Crippen molar-refractivity contribution in [1.82, 2.24) is 15.3 Å². The Morgan fingerprint density at radius 2 is 2.06 bits per heavy atom. The summed E-state index contributed by atoms with van der Waals surface area (Å²) in [5, 5.41) is 6.94. The summed E-state index contributed by atoms with van der Waals surface area (Å²) < 4.78 is 0. The Bertz CT molecular complexity index is 383. The van der Waals surface area contributed by atoms with E-state index < -0.39 is 0 Å². The zero-order valence-corrected chi connectivity index (χ0v) is 11.7. The molecule has 0 bridgehead atoms. The molecule has 0 aliphatic carbocycles. The molecule has 0 radical (unpaired) electrons. The molecule has 1 aromatic rings. The summed E-state index contributed by atoms with van der Waals surface area (Å²) in [5.74, 6) is 2.33. The maximum Gasteiger partial charge on any atom is 0.133 e. The average Bonchev–Trinajstić information content (AvgIpc) is 2.39. The Balaban J connectivity index is 2.12. The van der Waals surface area contributed by atoms with E-state index in [1.54, 1.807) is 0 Å². The molecule has 2 heterocycles. The maximum absolute atomic E-state index is 4.63. The normalized spacial score (nSPS) is 17.1. The molecule has 1 saturated heterocycles. The van der Waals surface area contributed by atoms with Gasteiger partial charge in [0.05, 0.1) is 0 Å². The number of hydrogen-bond acceptors (Lipinski definition) is 4. The second kappa shape index (κ2) is 6.14. The second-order valence-electron chi connectivity index (χ2n) is 5.28. The van der Waals surface area contributed by atoms with Crippen LogP contribution in [0.1, 0.15) is 51.0 Å². The van der Waals surface area contributed by atoms with E-state index in [-0.39, 0.29) is 0 Å². The summed E-state index contributed by atoms with van der Waals surface area (Å²) in [6.45, 7) is 8.62. The van der Waals surface area contributed by atoms with Gasteiger partial charge in [-0.2, -0.15) is 0 Å². The van der Waals surface area contributed by atoms with E-state index in [0.717, 1.165) is 36.8 Å². The molecule has 0 aromatic carbocycles. The van der Waals surface area contributed by atoms with Crippen molar-refractivity contribution in [3.05, 3.63) is 17.6 Å². The fourth-order valence-electron chi connectivity index (χ4n) is 2.21. The second-order valence-corrected chi connectivity index (χ2v) is 5.28. The minimum atomic E-state index is 0.380. The van der Waals surface area contributed by atoms with Crippen molar-refractivity contribution in [2.24, 2.45) is 0 Å². The van der Waals surface area contributed by atoms with Gasteiger partial charge in [-0.05, 0) is 32.4 Å². The van der Waals surface area contributed by atoms with E-state index in [9.17, 15) is 0 Å². The lowest BCUT2D eigenvalue weighted by Crippen LogP contribution is -2.35. The van der Waals surface area contributed by atoms with Gasteiger partial charge >= 0.3 is 0 Å². The number of rotatable bonds is 4. The number of aryl methyl sites for hydroxylation is 1. The molecule has 100 valence electrons. The van der Waals surface area contributed by atoms with Crippen molar-refractivity contribution in [2.75, 3.05) is 18.4 Å². The first-order valence-corrected chi connectivity index (χ1v) is 7.04. The van der Waals surface area contributed by atoms with Crippen LogP contribution in [0.25, 0.3) is 0 Å². The first-order valence-electron chi connectivity index (χ1n) is 7.04. The monoisotopic (exact) mass is 248 g/mol. The molecular weight excluding hydrogens is 224 g/mol. The molecule has 0 unspecified atom stereocenters. The van der Waals surface area contributed by atoms with Crippen LogP contribution in [-0.4, -0.2) is 29.1 Å². The van der Waals surface area contributed by atoms with Gasteiger partial charge in [0.1, 0.15) is 11.6 Å². The third kappa shape index (κ3) is 3.42. The van der Waals surface area contributed by atoms with Gasteiger partial charge < -0.3 is 10.6 Å². The van der Waals surface area contributed by atoms with Crippen molar-refractivity contribution in [2.45, 2.75) is 52.0 Å². The number of aromatic nitrogens is 2. The van der Waals surface area contributed by atoms with Gasteiger partial charge in [0, 0.05) is 23.7 Å². The molecule has 1 fully saturated rings. The fraction of sp³-hybridized carbons (Fsp3) is 0.714. The summed E-state index contributed by atoms with van der Waals surface area (Å²) >= 11 is 0. The quantitative estimate of drug-likeness (QED) is 0.858. The van der Waals surface area contributed by atoms with Gasteiger partial charge in [-0.1, -0.05) is 20.8 Å². The van der Waals surface area contributed by atoms with Crippen LogP contribution in [-0.2, 0) is 6.42 Å². The molecule has 1 aromatic heterocycles. The summed E-state index contributed by atoms with van der Waals surface area (Å²) in [6.07, 6.45) is 3.30. The van der Waals surface area contributed by atoms with Gasteiger partial charge in [-0.3, -0.25) is 0 Å².